The maximum atomic E-state index is 12.9. The number of amides is 1. The smallest absolute Gasteiger partial charge is 0.337 e. The number of halogens is 2. The largest absolute Gasteiger partial charge is 0.465 e. The van der Waals surface area contributed by atoms with E-state index >= 15 is 0 Å². The quantitative estimate of drug-likeness (QED) is 0.363. The van der Waals surface area contributed by atoms with Crippen molar-refractivity contribution < 1.29 is 19.1 Å². The molecule has 1 atom stereocenters. The van der Waals surface area contributed by atoms with Crippen molar-refractivity contribution in [3.63, 3.8) is 0 Å². The van der Waals surface area contributed by atoms with Gasteiger partial charge in [0.05, 0.1) is 25.4 Å². The summed E-state index contributed by atoms with van der Waals surface area (Å²) in [6.07, 6.45) is -0.183. The molecule has 0 aromatic heterocycles. The minimum atomic E-state index is -0.366. The zero-order valence-electron chi connectivity index (χ0n) is 20.0. The lowest BCUT2D eigenvalue weighted by Gasteiger charge is -2.36. The second-order valence-corrected chi connectivity index (χ2v) is 9.52. The number of carbonyl (C=O) groups excluding carboxylic acids is 2. The predicted molar refractivity (Wildman–Crippen MR) is 141 cm³/mol. The molecular formula is C28H28Cl2N2O4. The summed E-state index contributed by atoms with van der Waals surface area (Å²) in [6.45, 7) is 3.82. The Morgan fingerprint density at radius 2 is 1.56 bits per heavy atom. The first-order valence-corrected chi connectivity index (χ1v) is 12.5. The molecule has 6 nitrogen and oxygen atoms in total. The number of hydrogen-bond donors (Lipinski definition) is 0. The highest BCUT2D eigenvalue weighted by Gasteiger charge is 2.25. The lowest BCUT2D eigenvalue weighted by Crippen LogP contribution is -2.49. The molecule has 188 valence electrons. The van der Waals surface area contributed by atoms with Gasteiger partial charge >= 0.3 is 5.97 Å². The molecule has 0 aliphatic carbocycles. The van der Waals surface area contributed by atoms with Crippen LogP contribution in [0.15, 0.2) is 72.8 Å². The fraction of sp³-hybridized carbons (Fsp3) is 0.286. The third kappa shape index (κ3) is 6.86. The monoisotopic (exact) mass is 526 g/mol. The molecule has 1 heterocycles. The van der Waals surface area contributed by atoms with Crippen LogP contribution in [0, 0.1) is 0 Å². The molecule has 1 aliphatic rings. The van der Waals surface area contributed by atoms with E-state index in [9.17, 15) is 9.59 Å². The Bertz CT molecular complexity index is 1180. The Morgan fingerprint density at radius 3 is 2.19 bits per heavy atom. The van der Waals surface area contributed by atoms with Crippen molar-refractivity contribution in [3.8, 4) is 0 Å². The van der Waals surface area contributed by atoms with Gasteiger partial charge in [0, 0.05) is 48.3 Å². The molecule has 1 saturated heterocycles. The highest BCUT2D eigenvalue weighted by molar-refractivity contribution is 6.31. The van der Waals surface area contributed by atoms with Crippen molar-refractivity contribution in [1.29, 1.82) is 0 Å². The predicted octanol–water partition coefficient (Wildman–Crippen LogP) is 5.50. The topological polar surface area (TPSA) is 59.1 Å². The molecular weight excluding hydrogens is 499 g/mol. The number of piperazine rings is 1. The molecule has 3 aromatic rings. The molecule has 8 heteroatoms. The Morgan fingerprint density at radius 1 is 0.861 bits per heavy atom. The molecule has 3 aromatic carbocycles. The molecule has 0 bridgehead atoms. The summed E-state index contributed by atoms with van der Waals surface area (Å²) in [5.74, 6) is -0.368. The van der Waals surface area contributed by atoms with Crippen LogP contribution in [0.2, 0.25) is 10.0 Å². The highest BCUT2D eigenvalue weighted by atomic mass is 35.5. The van der Waals surface area contributed by atoms with Crippen LogP contribution in [0.25, 0.3) is 0 Å². The number of nitrogens with zero attached hydrogens (tertiary/aromatic N) is 2. The second kappa shape index (κ2) is 12.4. The zero-order chi connectivity index (χ0) is 25.5. The minimum Gasteiger partial charge on any atom is -0.465 e. The van der Waals surface area contributed by atoms with E-state index in [4.69, 9.17) is 32.7 Å². The molecule has 0 saturated carbocycles. The number of carbonyl (C=O) groups is 2. The summed E-state index contributed by atoms with van der Waals surface area (Å²) >= 11 is 12.2. The summed E-state index contributed by atoms with van der Waals surface area (Å²) in [4.78, 5) is 28.7. The van der Waals surface area contributed by atoms with Gasteiger partial charge in [-0.25, -0.2) is 4.79 Å². The number of ether oxygens (including phenoxy) is 2. The number of benzene rings is 3. The van der Waals surface area contributed by atoms with Crippen LogP contribution in [0.1, 0.15) is 37.9 Å². The van der Waals surface area contributed by atoms with Crippen LogP contribution >= 0.6 is 23.2 Å². The van der Waals surface area contributed by atoms with E-state index in [0.29, 0.717) is 47.4 Å². The Labute approximate surface area is 221 Å². The number of hydrogen-bond acceptors (Lipinski definition) is 5. The van der Waals surface area contributed by atoms with Crippen LogP contribution in [-0.4, -0.2) is 61.5 Å². The molecule has 0 spiro atoms. The van der Waals surface area contributed by atoms with Crippen LogP contribution < -0.4 is 0 Å². The van der Waals surface area contributed by atoms with Crippen LogP contribution in [0.4, 0.5) is 0 Å². The number of methoxy groups -OCH3 is 1. The number of esters is 1. The van der Waals surface area contributed by atoms with Gasteiger partial charge in [-0.2, -0.15) is 0 Å². The molecule has 0 radical (unpaired) electrons. The van der Waals surface area contributed by atoms with Crippen molar-refractivity contribution in [1.82, 2.24) is 9.80 Å². The first-order valence-electron chi connectivity index (χ1n) is 11.7. The maximum absolute atomic E-state index is 12.9. The summed E-state index contributed by atoms with van der Waals surface area (Å²) in [5, 5.41) is 1.23. The van der Waals surface area contributed by atoms with Gasteiger partial charge in [-0.05, 0) is 53.6 Å². The Hall–Kier alpha value is -2.90. The highest BCUT2D eigenvalue weighted by Crippen LogP contribution is 2.24. The van der Waals surface area contributed by atoms with Gasteiger partial charge in [0.15, 0.2) is 0 Å². The standard InChI is InChI=1S/C28H28Cl2N2O4/c1-35-28(34)22-7-5-20(6-8-22)19-36-26(21-9-11-24(29)12-10-21)18-31-13-15-32(16-14-31)27(33)23-3-2-4-25(30)17-23/h2-12,17,26H,13-16,18-19H2,1H3/t26-/m1/s1. The van der Waals surface area contributed by atoms with E-state index < -0.39 is 0 Å². The van der Waals surface area contributed by atoms with E-state index in [1.807, 2.05) is 41.3 Å². The first-order chi connectivity index (χ1) is 17.4. The normalized spacial score (nSPS) is 14.9. The third-order valence-electron chi connectivity index (χ3n) is 6.22. The van der Waals surface area contributed by atoms with E-state index in [0.717, 1.165) is 24.2 Å². The molecule has 0 unspecified atom stereocenters. The van der Waals surface area contributed by atoms with E-state index in [2.05, 4.69) is 4.90 Å². The summed E-state index contributed by atoms with van der Waals surface area (Å²) in [7, 11) is 1.36. The fourth-order valence-corrected chi connectivity index (χ4v) is 4.47. The van der Waals surface area contributed by atoms with Gasteiger partial charge in [-0.15, -0.1) is 0 Å². The lowest BCUT2D eigenvalue weighted by atomic mass is 10.1. The lowest BCUT2D eigenvalue weighted by molar-refractivity contribution is 0.00341. The van der Waals surface area contributed by atoms with Gasteiger partial charge in [-0.3, -0.25) is 9.69 Å². The van der Waals surface area contributed by atoms with Crippen molar-refractivity contribution in [2.45, 2.75) is 12.7 Å². The van der Waals surface area contributed by atoms with Crippen LogP contribution in [-0.2, 0) is 16.1 Å². The van der Waals surface area contributed by atoms with Crippen molar-refractivity contribution in [3.05, 3.63) is 105 Å². The van der Waals surface area contributed by atoms with Gasteiger partial charge in [0.2, 0.25) is 0 Å². The van der Waals surface area contributed by atoms with E-state index in [-0.39, 0.29) is 18.0 Å². The summed E-state index contributed by atoms with van der Waals surface area (Å²) in [5.41, 5.74) is 3.10. The molecule has 4 rings (SSSR count). The van der Waals surface area contributed by atoms with Gasteiger partial charge < -0.3 is 14.4 Å². The van der Waals surface area contributed by atoms with Gasteiger partial charge in [0.25, 0.3) is 5.91 Å². The third-order valence-corrected chi connectivity index (χ3v) is 6.71. The number of rotatable bonds is 8. The van der Waals surface area contributed by atoms with Crippen LogP contribution in [0.5, 0.6) is 0 Å². The van der Waals surface area contributed by atoms with Crippen molar-refractivity contribution in [2.75, 3.05) is 39.8 Å². The van der Waals surface area contributed by atoms with Crippen LogP contribution in [0.3, 0.4) is 0 Å². The van der Waals surface area contributed by atoms with E-state index in [1.54, 1.807) is 36.4 Å². The first kappa shape index (κ1) is 26.2. The molecule has 1 amide bonds. The molecule has 36 heavy (non-hydrogen) atoms. The SMILES string of the molecule is COC(=O)c1ccc(CO[C@H](CN2CCN(C(=O)c3cccc(Cl)c3)CC2)c2ccc(Cl)cc2)cc1. The Kier molecular flexibility index (Phi) is 8.99. The fourth-order valence-electron chi connectivity index (χ4n) is 4.16. The van der Waals surface area contributed by atoms with Crippen molar-refractivity contribution in [2.24, 2.45) is 0 Å². The van der Waals surface area contributed by atoms with Gasteiger partial charge in [0.1, 0.15) is 0 Å². The van der Waals surface area contributed by atoms with Crippen molar-refractivity contribution >= 4 is 35.1 Å². The molecule has 1 aliphatic heterocycles. The average Bonchev–Trinajstić information content (AvgIpc) is 2.91. The molecule has 0 N–H and O–H groups in total. The summed E-state index contributed by atoms with van der Waals surface area (Å²) in [6, 6.07) is 21.9. The zero-order valence-corrected chi connectivity index (χ0v) is 21.5. The van der Waals surface area contributed by atoms with E-state index in [1.165, 1.54) is 7.11 Å². The Balaban J connectivity index is 1.38. The van der Waals surface area contributed by atoms with Gasteiger partial charge in [-0.1, -0.05) is 53.5 Å². The minimum absolute atomic E-state index is 0.00180. The average molecular weight is 527 g/mol. The second-order valence-electron chi connectivity index (χ2n) is 8.64. The maximum Gasteiger partial charge on any atom is 0.337 e. The molecule has 1 fully saturated rings. The summed E-state index contributed by atoms with van der Waals surface area (Å²) < 4.78 is 11.1.